The molecule has 1 aromatic carbocycles. The summed E-state index contributed by atoms with van der Waals surface area (Å²) in [7, 11) is 0. The van der Waals surface area contributed by atoms with Gasteiger partial charge in [0, 0.05) is 6.54 Å². The van der Waals surface area contributed by atoms with Crippen molar-refractivity contribution in [3.05, 3.63) is 52.7 Å². The minimum absolute atomic E-state index is 0.0863. The molecule has 0 aliphatic heterocycles. The number of hydrogen-bond acceptors (Lipinski definition) is 6. The fraction of sp³-hybridized carbons (Fsp3) is 0.409. The summed E-state index contributed by atoms with van der Waals surface area (Å²) in [6, 6.07) is 10.0. The van der Waals surface area contributed by atoms with E-state index in [1.54, 1.807) is 23.2 Å². The third-order valence-electron chi connectivity index (χ3n) is 5.23. The first-order valence-electron chi connectivity index (χ1n) is 10.1. The van der Waals surface area contributed by atoms with E-state index >= 15 is 0 Å². The summed E-state index contributed by atoms with van der Waals surface area (Å²) in [5.41, 5.74) is 2.59. The number of benzene rings is 1. The summed E-state index contributed by atoms with van der Waals surface area (Å²) in [6.07, 6.45) is 3.90. The van der Waals surface area contributed by atoms with Crippen LogP contribution in [0.5, 0.6) is 5.75 Å². The van der Waals surface area contributed by atoms with Gasteiger partial charge in [-0.3, -0.25) is 4.79 Å². The fourth-order valence-electron chi connectivity index (χ4n) is 3.69. The molecule has 1 aliphatic rings. The lowest BCUT2D eigenvalue weighted by molar-refractivity contribution is -0.138. The quantitative estimate of drug-likeness (QED) is 0.573. The number of fused-ring (bicyclic) bond motifs is 1. The Morgan fingerprint density at radius 1 is 1.28 bits per heavy atom. The van der Waals surface area contributed by atoms with Crippen LogP contribution in [0.2, 0.25) is 0 Å². The van der Waals surface area contributed by atoms with Crippen LogP contribution in [-0.2, 0) is 24.2 Å². The van der Waals surface area contributed by atoms with Crippen LogP contribution in [0.1, 0.15) is 43.7 Å². The van der Waals surface area contributed by atoms with Crippen molar-refractivity contribution in [3.8, 4) is 16.5 Å². The lowest BCUT2D eigenvalue weighted by Crippen LogP contribution is -2.40. The fourth-order valence-corrected chi connectivity index (χ4v) is 4.34. The molecule has 6 nitrogen and oxygen atoms in total. The molecule has 0 saturated heterocycles. The average molecular weight is 412 g/mol. The second-order valence-corrected chi connectivity index (χ2v) is 8.15. The predicted molar refractivity (Wildman–Crippen MR) is 112 cm³/mol. The molecule has 0 unspecified atom stereocenters. The number of amides is 1. The maximum absolute atomic E-state index is 13.0. The van der Waals surface area contributed by atoms with E-state index in [1.165, 1.54) is 24.0 Å². The maximum Gasteiger partial charge on any atom is 0.263 e. The van der Waals surface area contributed by atoms with Crippen molar-refractivity contribution in [3.63, 3.8) is 0 Å². The van der Waals surface area contributed by atoms with Crippen LogP contribution in [0.4, 0.5) is 0 Å². The molecular formula is C22H25N3O3S. The summed E-state index contributed by atoms with van der Waals surface area (Å²) in [5, 5.41) is 5.99. The van der Waals surface area contributed by atoms with Crippen LogP contribution in [0.3, 0.4) is 0 Å². The van der Waals surface area contributed by atoms with Crippen molar-refractivity contribution in [2.45, 2.75) is 52.2 Å². The van der Waals surface area contributed by atoms with Crippen LogP contribution in [0.25, 0.3) is 10.7 Å². The molecule has 4 rings (SSSR count). The van der Waals surface area contributed by atoms with E-state index in [1.807, 2.05) is 36.6 Å². The molecule has 1 atom stereocenters. The highest BCUT2D eigenvalue weighted by Crippen LogP contribution is 2.30. The predicted octanol–water partition coefficient (Wildman–Crippen LogP) is 4.49. The lowest BCUT2D eigenvalue weighted by atomic mass is 9.91. The molecule has 152 valence electrons. The van der Waals surface area contributed by atoms with E-state index < -0.39 is 6.10 Å². The number of ether oxygens (including phenoxy) is 1. The monoisotopic (exact) mass is 411 g/mol. The average Bonchev–Trinajstić information content (AvgIpc) is 3.43. The standard InChI is InChI=1S/C22H25N3O3S/c1-3-25(14-20-23-21(24-28-20)19-12-7-13-29-19)22(26)15(2)27-18-11-6-9-16-8-4-5-10-17(16)18/h6-7,9,11-13,15H,3-5,8,10,14H2,1-2H3/t15-/m1/s1. The van der Waals surface area contributed by atoms with Gasteiger partial charge < -0.3 is 14.2 Å². The summed E-state index contributed by atoms with van der Waals surface area (Å²) in [5.74, 6) is 1.72. The van der Waals surface area contributed by atoms with E-state index in [0.717, 1.165) is 23.5 Å². The number of carbonyl (C=O) groups is 1. The summed E-state index contributed by atoms with van der Waals surface area (Å²) in [4.78, 5) is 20.1. The van der Waals surface area contributed by atoms with Gasteiger partial charge in [0.05, 0.1) is 4.88 Å². The molecule has 29 heavy (non-hydrogen) atoms. The molecule has 1 aliphatic carbocycles. The molecule has 1 amide bonds. The van der Waals surface area contributed by atoms with Crippen LogP contribution >= 0.6 is 11.3 Å². The van der Waals surface area contributed by atoms with E-state index in [4.69, 9.17) is 9.26 Å². The third-order valence-corrected chi connectivity index (χ3v) is 6.10. The van der Waals surface area contributed by atoms with Gasteiger partial charge in [0.2, 0.25) is 11.7 Å². The number of thiophene rings is 1. The number of hydrogen-bond donors (Lipinski definition) is 0. The van der Waals surface area contributed by atoms with Crippen molar-refractivity contribution in [1.29, 1.82) is 0 Å². The van der Waals surface area contributed by atoms with Gasteiger partial charge in [-0.25, -0.2) is 0 Å². The molecule has 3 aromatic rings. The zero-order valence-electron chi connectivity index (χ0n) is 16.8. The number of aromatic nitrogens is 2. The first-order valence-corrected chi connectivity index (χ1v) is 11.0. The Balaban J connectivity index is 1.43. The van der Waals surface area contributed by atoms with Crippen LogP contribution in [0, 0.1) is 0 Å². The van der Waals surface area contributed by atoms with Gasteiger partial charge in [-0.2, -0.15) is 4.98 Å². The Bertz CT molecular complexity index is 968. The highest BCUT2D eigenvalue weighted by molar-refractivity contribution is 7.13. The Labute approximate surface area is 174 Å². The molecule has 2 heterocycles. The molecule has 7 heteroatoms. The maximum atomic E-state index is 13.0. The second kappa shape index (κ2) is 8.78. The minimum Gasteiger partial charge on any atom is -0.481 e. The summed E-state index contributed by atoms with van der Waals surface area (Å²) in [6.45, 7) is 4.55. The first kappa shape index (κ1) is 19.6. The van der Waals surface area contributed by atoms with E-state index in [0.29, 0.717) is 18.3 Å². The summed E-state index contributed by atoms with van der Waals surface area (Å²) >= 11 is 1.55. The van der Waals surface area contributed by atoms with Gasteiger partial charge in [0.1, 0.15) is 12.3 Å². The molecular weight excluding hydrogens is 386 g/mol. The highest BCUT2D eigenvalue weighted by Gasteiger charge is 2.25. The number of rotatable bonds is 7. The molecule has 0 saturated carbocycles. The molecule has 0 N–H and O–H groups in total. The van der Waals surface area contributed by atoms with Gasteiger partial charge in [-0.1, -0.05) is 23.4 Å². The SMILES string of the molecule is CCN(Cc1nc(-c2cccs2)no1)C(=O)[C@@H](C)Oc1cccc2c1CCCC2. The Hall–Kier alpha value is -2.67. The number of nitrogens with zero attached hydrogens (tertiary/aromatic N) is 3. The zero-order valence-corrected chi connectivity index (χ0v) is 17.6. The van der Waals surface area contributed by atoms with Crippen LogP contribution in [-0.4, -0.2) is 33.6 Å². The first-order chi connectivity index (χ1) is 14.2. The van der Waals surface area contributed by atoms with E-state index in [-0.39, 0.29) is 12.5 Å². The minimum atomic E-state index is -0.580. The normalized spacial score (nSPS) is 14.3. The van der Waals surface area contributed by atoms with Gasteiger partial charge in [-0.05, 0) is 68.2 Å². The van der Waals surface area contributed by atoms with Crippen molar-refractivity contribution >= 4 is 17.2 Å². The van der Waals surface area contributed by atoms with Gasteiger partial charge in [0.25, 0.3) is 5.91 Å². The van der Waals surface area contributed by atoms with Crippen molar-refractivity contribution in [2.75, 3.05) is 6.54 Å². The molecule has 2 aromatic heterocycles. The van der Waals surface area contributed by atoms with Gasteiger partial charge >= 0.3 is 0 Å². The number of likely N-dealkylation sites (N-methyl/N-ethyl adjacent to an activating group) is 1. The largest absolute Gasteiger partial charge is 0.481 e. The molecule has 0 spiro atoms. The lowest BCUT2D eigenvalue weighted by Gasteiger charge is -2.25. The molecule has 0 fully saturated rings. The smallest absolute Gasteiger partial charge is 0.263 e. The Morgan fingerprint density at radius 2 is 2.14 bits per heavy atom. The van der Waals surface area contributed by atoms with Crippen LogP contribution in [0.15, 0.2) is 40.2 Å². The van der Waals surface area contributed by atoms with Gasteiger partial charge in [-0.15, -0.1) is 11.3 Å². The third kappa shape index (κ3) is 4.34. The topological polar surface area (TPSA) is 68.5 Å². The van der Waals surface area contributed by atoms with Crippen LogP contribution < -0.4 is 4.74 Å². The summed E-state index contributed by atoms with van der Waals surface area (Å²) < 4.78 is 11.5. The van der Waals surface area contributed by atoms with Crippen molar-refractivity contribution in [2.24, 2.45) is 0 Å². The Morgan fingerprint density at radius 3 is 2.93 bits per heavy atom. The van der Waals surface area contributed by atoms with E-state index in [2.05, 4.69) is 16.2 Å². The highest BCUT2D eigenvalue weighted by atomic mass is 32.1. The molecule has 0 radical (unpaired) electrons. The van der Waals surface area contributed by atoms with Crippen molar-refractivity contribution in [1.82, 2.24) is 15.0 Å². The number of aryl methyl sites for hydroxylation is 1. The zero-order chi connectivity index (χ0) is 20.2. The number of carbonyl (C=O) groups excluding carboxylic acids is 1. The second-order valence-electron chi connectivity index (χ2n) is 7.20. The van der Waals surface area contributed by atoms with Crippen molar-refractivity contribution < 1.29 is 14.1 Å². The molecule has 0 bridgehead atoms. The van der Waals surface area contributed by atoms with Gasteiger partial charge in [0.15, 0.2) is 6.10 Å². The Kier molecular flexibility index (Phi) is 5.94. The van der Waals surface area contributed by atoms with E-state index in [9.17, 15) is 4.79 Å².